The van der Waals surface area contributed by atoms with Crippen LogP contribution in [0.2, 0.25) is 0 Å². The second kappa shape index (κ2) is 10.4. The standard InChI is InChI=1S/C17H22F3N5O2.HI/c1-5-21-16(23-12-6-7-13(26-3)14(8-12)27-4)22-9-11-10-25(2)24-15(11)17(18,19)20;/h6-8,10H,5,9H2,1-4H3,(H2,21,22,23);1H. The molecule has 2 aromatic rings. The number of hydrogen-bond acceptors (Lipinski definition) is 4. The number of aryl methyl sites for hydroxylation is 1. The molecule has 0 fully saturated rings. The second-order valence-electron chi connectivity index (χ2n) is 5.56. The lowest BCUT2D eigenvalue weighted by molar-refractivity contribution is -0.142. The van der Waals surface area contributed by atoms with E-state index in [9.17, 15) is 13.2 Å². The summed E-state index contributed by atoms with van der Waals surface area (Å²) in [7, 11) is 4.49. The van der Waals surface area contributed by atoms with Crippen molar-refractivity contribution in [3.8, 4) is 11.5 Å². The molecule has 1 aromatic carbocycles. The van der Waals surface area contributed by atoms with Crippen molar-refractivity contribution in [2.24, 2.45) is 12.0 Å². The summed E-state index contributed by atoms with van der Waals surface area (Å²) in [5.41, 5.74) is -0.292. The molecule has 0 aliphatic heterocycles. The molecule has 0 saturated heterocycles. The fourth-order valence-electron chi connectivity index (χ4n) is 2.41. The normalized spacial score (nSPS) is 11.6. The van der Waals surface area contributed by atoms with E-state index in [-0.39, 0.29) is 36.1 Å². The van der Waals surface area contributed by atoms with Crippen molar-refractivity contribution >= 4 is 35.6 Å². The summed E-state index contributed by atoms with van der Waals surface area (Å²) < 4.78 is 50.7. The maximum atomic E-state index is 13.1. The van der Waals surface area contributed by atoms with E-state index in [2.05, 4.69) is 20.7 Å². The number of halogens is 4. The summed E-state index contributed by atoms with van der Waals surface area (Å²) >= 11 is 0. The van der Waals surface area contributed by atoms with Gasteiger partial charge in [0.15, 0.2) is 23.2 Å². The van der Waals surface area contributed by atoms with Crippen molar-refractivity contribution in [3.05, 3.63) is 35.7 Å². The highest BCUT2D eigenvalue weighted by molar-refractivity contribution is 14.0. The van der Waals surface area contributed by atoms with E-state index in [4.69, 9.17) is 9.47 Å². The predicted octanol–water partition coefficient (Wildman–Crippen LogP) is 3.65. The van der Waals surface area contributed by atoms with E-state index >= 15 is 0 Å². The Morgan fingerprint density at radius 3 is 2.46 bits per heavy atom. The monoisotopic (exact) mass is 513 g/mol. The topological polar surface area (TPSA) is 72.7 Å². The zero-order chi connectivity index (χ0) is 20.0. The lowest BCUT2D eigenvalue weighted by Crippen LogP contribution is -2.30. The van der Waals surface area contributed by atoms with Gasteiger partial charge in [-0.2, -0.15) is 18.3 Å². The number of alkyl halides is 3. The zero-order valence-corrected chi connectivity index (χ0v) is 18.3. The molecule has 11 heteroatoms. The Morgan fingerprint density at radius 2 is 1.89 bits per heavy atom. The molecule has 7 nitrogen and oxygen atoms in total. The summed E-state index contributed by atoms with van der Waals surface area (Å²) in [6.45, 7) is 2.22. The third-order valence-corrected chi connectivity index (χ3v) is 3.57. The average molecular weight is 513 g/mol. The smallest absolute Gasteiger partial charge is 0.435 e. The fraction of sp³-hybridized carbons (Fsp3) is 0.412. The van der Waals surface area contributed by atoms with Crippen LogP contribution in [0.25, 0.3) is 0 Å². The number of guanidine groups is 1. The minimum atomic E-state index is -4.53. The molecule has 1 aromatic heterocycles. The van der Waals surface area contributed by atoms with Crippen molar-refractivity contribution < 1.29 is 22.6 Å². The van der Waals surface area contributed by atoms with E-state index in [1.165, 1.54) is 27.5 Å². The summed E-state index contributed by atoms with van der Waals surface area (Å²) in [5.74, 6) is 1.42. The lowest BCUT2D eigenvalue weighted by Gasteiger charge is -2.14. The van der Waals surface area contributed by atoms with Gasteiger partial charge in [-0.15, -0.1) is 24.0 Å². The molecule has 28 heavy (non-hydrogen) atoms. The first-order chi connectivity index (χ1) is 12.8. The highest BCUT2D eigenvalue weighted by Gasteiger charge is 2.36. The minimum Gasteiger partial charge on any atom is -0.493 e. The Balaban J connectivity index is 0.00000392. The van der Waals surface area contributed by atoms with Crippen LogP contribution in [0.3, 0.4) is 0 Å². The molecule has 0 saturated carbocycles. The summed E-state index contributed by atoms with van der Waals surface area (Å²) in [5, 5.41) is 9.51. The summed E-state index contributed by atoms with van der Waals surface area (Å²) in [4.78, 5) is 4.23. The number of hydrogen-bond donors (Lipinski definition) is 2. The number of anilines is 1. The van der Waals surface area contributed by atoms with Gasteiger partial charge in [-0.25, -0.2) is 4.99 Å². The van der Waals surface area contributed by atoms with Gasteiger partial charge < -0.3 is 20.1 Å². The first-order valence-electron chi connectivity index (χ1n) is 8.15. The van der Waals surface area contributed by atoms with Crippen LogP contribution < -0.4 is 20.1 Å². The molecule has 0 amide bonds. The highest BCUT2D eigenvalue weighted by atomic mass is 127. The number of aromatic nitrogens is 2. The van der Waals surface area contributed by atoms with Crippen LogP contribution in [0.15, 0.2) is 29.4 Å². The molecular formula is C17H23F3IN5O2. The molecule has 0 aliphatic rings. The van der Waals surface area contributed by atoms with Crippen LogP contribution in [0.5, 0.6) is 11.5 Å². The molecular weight excluding hydrogens is 490 g/mol. The van der Waals surface area contributed by atoms with E-state index in [0.717, 1.165) is 4.68 Å². The highest BCUT2D eigenvalue weighted by Crippen LogP contribution is 2.31. The zero-order valence-electron chi connectivity index (χ0n) is 15.9. The quantitative estimate of drug-likeness (QED) is 0.351. The van der Waals surface area contributed by atoms with Gasteiger partial charge in [0.25, 0.3) is 0 Å². The molecule has 1 heterocycles. The van der Waals surface area contributed by atoms with E-state index in [0.29, 0.717) is 29.7 Å². The molecule has 2 N–H and O–H groups in total. The van der Waals surface area contributed by atoms with Crippen molar-refractivity contribution in [1.82, 2.24) is 15.1 Å². The van der Waals surface area contributed by atoms with Gasteiger partial charge >= 0.3 is 6.18 Å². The van der Waals surface area contributed by atoms with Crippen molar-refractivity contribution in [3.63, 3.8) is 0 Å². The SMILES string of the molecule is CCNC(=NCc1cn(C)nc1C(F)(F)F)Nc1ccc(OC)c(OC)c1.I. The average Bonchev–Trinajstić information content (AvgIpc) is 3.01. The van der Waals surface area contributed by atoms with Crippen LogP contribution in [-0.4, -0.2) is 36.5 Å². The van der Waals surface area contributed by atoms with Gasteiger partial charge in [-0.3, -0.25) is 4.68 Å². The van der Waals surface area contributed by atoms with Crippen molar-refractivity contribution in [1.29, 1.82) is 0 Å². The molecule has 2 rings (SSSR count). The predicted molar refractivity (Wildman–Crippen MR) is 112 cm³/mol. The third kappa shape index (κ3) is 6.17. The number of rotatable bonds is 6. The first-order valence-corrected chi connectivity index (χ1v) is 8.15. The maximum Gasteiger partial charge on any atom is 0.435 e. The van der Waals surface area contributed by atoms with E-state index in [1.807, 2.05) is 6.92 Å². The van der Waals surface area contributed by atoms with Gasteiger partial charge in [-0.05, 0) is 19.1 Å². The number of nitrogens with zero attached hydrogens (tertiary/aromatic N) is 3. The molecule has 0 atom stereocenters. The van der Waals surface area contributed by atoms with Gasteiger partial charge in [0.05, 0.1) is 20.8 Å². The van der Waals surface area contributed by atoms with E-state index < -0.39 is 11.9 Å². The second-order valence-corrected chi connectivity index (χ2v) is 5.56. The minimum absolute atomic E-state index is 0. The molecule has 156 valence electrons. The Morgan fingerprint density at radius 1 is 1.21 bits per heavy atom. The van der Waals surface area contributed by atoms with Crippen molar-refractivity contribution in [2.45, 2.75) is 19.6 Å². The lowest BCUT2D eigenvalue weighted by atomic mass is 10.2. The molecule has 0 unspecified atom stereocenters. The van der Waals surface area contributed by atoms with Gasteiger partial charge in [0.1, 0.15) is 0 Å². The Bertz CT molecular complexity index is 809. The largest absolute Gasteiger partial charge is 0.493 e. The maximum absolute atomic E-state index is 13.1. The molecule has 0 bridgehead atoms. The van der Waals surface area contributed by atoms with Crippen LogP contribution in [-0.2, 0) is 19.8 Å². The summed E-state index contributed by atoms with van der Waals surface area (Å²) in [6.07, 6.45) is -3.21. The number of methoxy groups -OCH3 is 2. The van der Waals surface area contributed by atoms with Gasteiger partial charge in [0, 0.05) is 37.1 Å². The first kappa shape index (κ1) is 23.9. The fourth-order valence-corrected chi connectivity index (χ4v) is 2.41. The number of aliphatic imine (C=N–C) groups is 1. The third-order valence-electron chi connectivity index (χ3n) is 3.57. The number of nitrogens with one attached hydrogen (secondary N) is 2. The van der Waals surface area contributed by atoms with Crippen molar-refractivity contribution in [2.75, 3.05) is 26.1 Å². The van der Waals surface area contributed by atoms with E-state index in [1.54, 1.807) is 18.2 Å². The Labute approximate surface area is 178 Å². The van der Waals surface area contributed by atoms with Gasteiger partial charge in [-0.1, -0.05) is 0 Å². The number of ether oxygens (including phenoxy) is 2. The molecule has 0 aliphatic carbocycles. The van der Waals surface area contributed by atoms with Crippen LogP contribution >= 0.6 is 24.0 Å². The Kier molecular flexibility index (Phi) is 8.85. The van der Waals surface area contributed by atoms with Gasteiger partial charge in [0.2, 0.25) is 0 Å². The van der Waals surface area contributed by atoms with Crippen LogP contribution in [0.1, 0.15) is 18.2 Å². The number of benzene rings is 1. The molecule has 0 radical (unpaired) electrons. The van der Waals surface area contributed by atoms with Crippen LogP contribution in [0.4, 0.5) is 18.9 Å². The Hall–Kier alpha value is -2.18. The van der Waals surface area contributed by atoms with Crippen LogP contribution in [0, 0.1) is 0 Å². The molecule has 0 spiro atoms. The summed E-state index contributed by atoms with van der Waals surface area (Å²) in [6, 6.07) is 5.17.